The Hall–Kier alpha value is -2.80. The molecule has 1 atom stereocenters. The smallest absolute Gasteiger partial charge is 0.326 e. The second kappa shape index (κ2) is 7.08. The number of rotatable bonds is 3. The van der Waals surface area contributed by atoms with Gasteiger partial charge in [-0.1, -0.05) is 36.4 Å². The van der Waals surface area contributed by atoms with Crippen LogP contribution in [0.15, 0.2) is 53.4 Å². The van der Waals surface area contributed by atoms with Gasteiger partial charge in [-0.2, -0.15) is 0 Å². The average molecular weight is 382 g/mol. The molecule has 6 nitrogen and oxygen atoms in total. The first-order chi connectivity index (χ1) is 13.0. The second-order valence-electron chi connectivity index (χ2n) is 6.58. The normalized spacial score (nSPS) is 18.7. The van der Waals surface area contributed by atoms with Crippen LogP contribution in [0, 0.1) is 0 Å². The van der Waals surface area contributed by atoms with Crippen LogP contribution in [0.3, 0.4) is 0 Å². The van der Waals surface area contributed by atoms with E-state index in [4.69, 9.17) is 0 Å². The number of carboxylic acids is 1. The molecule has 7 heteroatoms. The standard InChI is InChI=1S/C20H18N2O4S/c23-18(11-22-15-7-3-4-8-17(15)27-12-19(22)24)21-10-14-6-2-1-5-13(14)9-16(21)20(25)26/h1-8,16H,9-12H2,(H,25,26)/t16-/m0/s1. The van der Waals surface area contributed by atoms with E-state index in [9.17, 15) is 19.5 Å². The van der Waals surface area contributed by atoms with Gasteiger partial charge in [0.15, 0.2) is 0 Å². The van der Waals surface area contributed by atoms with Crippen LogP contribution in [-0.4, -0.2) is 46.1 Å². The molecule has 27 heavy (non-hydrogen) atoms. The van der Waals surface area contributed by atoms with Gasteiger partial charge < -0.3 is 14.9 Å². The van der Waals surface area contributed by atoms with Crippen molar-refractivity contribution in [2.45, 2.75) is 23.9 Å². The molecule has 0 aliphatic carbocycles. The largest absolute Gasteiger partial charge is 0.480 e. The fraction of sp³-hybridized carbons (Fsp3) is 0.250. The second-order valence-corrected chi connectivity index (χ2v) is 7.60. The summed E-state index contributed by atoms with van der Waals surface area (Å²) in [5.41, 5.74) is 2.60. The Kier molecular flexibility index (Phi) is 4.61. The fourth-order valence-corrected chi connectivity index (χ4v) is 4.49. The first kappa shape index (κ1) is 17.6. The van der Waals surface area contributed by atoms with Crippen LogP contribution < -0.4 is 4.90 Å². The molecular weight excluding hydrogens is 364 g/mol. The third kappa shape index (κ3) is 3.30. The number of fused-ring (bicyclic) bond motifs is 2. The van der Waals surface area contributed by atoms with Crippen molar-refractivity contribution in [2.75, 3.05) is 17.2 Å². The van der Waals surface area contributed by atoms with E-state index in [1.807, 2.05) is 48.5 Å². The maximum absolute atomic E-state index is 13.0. The highest BCUT2D eigenvalue weighted by molar-refractivity contribution is 8.00. The third-order valence-corrected chi connectivity index (χ3v) is 6.00. The molecule has 2 aromatic carbocycles. The summed E-state index contributed by atoms with van der Waals surface area (Å²) in [7, 11) is 0. The molecule has 2 amide bonds. The number of hydrogen-bond donors (Lipinski definition) is 1. The van der Waals surface area contributed by atoms with E-state index in [0.717, 1.165) is 16.0 Å². The number of carboxylic acid groups (broad SMARTS) is 1. The van der Waals surface area contributed by atoms with Crippen molar-refractivity contribution in [3.8, 4) is 0 Å². The van der Waals surface area contributed by atoms with Crippen molar-refractivity contribution < 1.29 is 19.5 Å². The lowest BCUT2D eigenvalue weighted by atomic mass is 9.94. The lowest BCUT2D eigenvalue weighted by Gasteiger charge is -2.36. The summed E-state index contributed by atoms with van der Waals surface area (Å²) in [4.78, 5) is 41.0. The molecule has 138 valence electrons. The van der Waals surface area contributed by atoms with Crippen LogP contribution >= 0.6 is 11.8 Å². The SMILES string of the molecule is O=C(O)[C@@H]1Cc2ccccc2CN1C(=O)CN1C(=O)CSc2ccccc21. The summed E-state index contributed by atoms with van der Waals surface area (Å²) < 4.78 is 0. The number of aliphatic carboxylic acids is 1. The zero-order chi connectivity index (χ0) is 19.0. The molecule has 4 rings (SSSR count). The van der Waals surface area contributed by atoms with Gasteiger partial charge in [0.1, 0.15) is 12.6 Å². The number of hydrogen-bond acceptors (Lipinski definition) is 4. The number of carbonyl (C=O) groups excluding carboxylic acids is 2. The summed E-state index contributed by atoms with van der Waals surface area (Å²) >= 11 is 1.45. The highest BCUT2D eigenvalue weighted by Crippen LogP contribution is 2.35. The molecule has 0 fully saturated rings. The molecule has 0 saturated heterocycles. The molecule has 1 N–H and O–H groups in total. The summed E-state index contributed by atoms with van der Waals surface area (Å²) in [6.45, 7) is 0.0900. The van der Waals surface area contributed by atoms with Crippen molar-refractivity contribution in [1.29, 1.82) is 0 Å². The predicted molar refractivity (Wildman–Crippen MR) is 102 cm³/mol. The first-order valence-electron chi connectivity index (χ1n) is 8.66. The van der Waals surface area contributed by atoms with Gasteiger partial charge >= 0.3 is 5.97 Å². The zero-order valence-electron chi connectivity index (χ0n) is 14.5. The monoisotopic (exact) mass is 382 g/mol. The van der Waals surface area contributed by atoms with Gasteiger partial charge in [-0.15, -0.1) is 11.8 Å². The highest BCUT2D eigenvalue weighted by Gasteiger charge is 2.36. The van der Waals surface area contributed by atoms with Gasteiger partial charge in [-0.3, -0.25) is 9.59 Å². The average Bonchev–Trinajstić information content (AvgIpc) is 2.69. The number of thioether (sulfide) groups is 1. The minimum absolute atomic E-state index is 0.142. The Balaban J connectivity index is 1.60. The van der Waals surface area contributed by atoms with Crippen LogP contribution in [0.1, 0.15) is 11.1 Å². The van der Waals surface area contributed by atoms with Crippen molar-refractivity contribution in [1.82, 2.24) is 4.90 Å². The summed E-state index contributed by atoms with van der Waals surface area (Å²) in [5.74, 6) is -1.25. The number of carbonyl (C=O) groups is 3. The number of amides is 2. The van der Waals surface area contributed by atoms with E-state index >= 15 is 0 Å². The minimum atomic E-state index is -1.03. The Bertz CT molecular complexity index is 930. The van der Waals surface area contributed by atoms with E-state index in [1.54, 1.807) is 0 Å². The quantitative estimate of drug-likeness (QED) is 0.880. The maximum Gasteiger partial charge on any atom is 0.326 e. The lowest BCUT2D eigenvalue weighted by molar-refractivity contribution is -0.150. The van der Waals surface area contributed by atoms with Gasteiger partial charge in [0.05, 0.1) is 11.4 Å². The van der Waals surface area contributed by atoms with E-state index in [1.165, 1.54) is 21.6 Å². The van der Waals surface area contributed by atoms with E-state index < -0.39 is 12.0 Å². The number of benzene rings is 2. The van der Waals surface area contributed by atoms with Crippen LogP contribution in [-0.2, 0) is 27.3 Å². The molecule has 0 saturated carbocycles. The van der Waals surface area contributed by atoms with Crippen molar-refractivity contribution in [3.05, 3.63) is 59.7 Å². The van der Waals surface area contributed by atoms with E-state index in [2.05, 4.69) is 0 Å². The molecular formula is C20H18N2O4S. The van der Waals surface area contributed by atoms with Crippen LogP contribution in [0.5, 0.6) is 0 Å². The Morgan fingerprint density at radius 3 is 2.56 bits per heavy atom. The van der Waals surface area contributed by atoms with Gasteiger partial charge in [0, 0.05) is 17.9 Å². The van der Waals surface area contributed by atoms with Gasteiger partial charge in [0.25, 0.3) is 0 Å². The van der Waals surface area contributed by atoms with Gasteiger partial charge in [-0.05, 0) is 23.3 Å². The topological polar surface area (TPSA) is 77.9 Å². The maximum atomic E-state index is 13.0. The summed E-state index contributed by atoms with van der Waals surface area (Å²) in [6.07, 6.45) is 0.275. The van der Waals surface area contributed by atoms with Crippen molar-refractivity contribution in [2.24, 2.45) is 0 Å². The highest BCUT2D eigenvalue weighted by atomic mass is 32.2. The molecule has 2 heterocycles. The van der Waals surface area contributed by atoms with E-state index in [0.29, 0.717) is 5.69 Å². The van der Waals surface area contributed by atoms with Crippen molar-refractivity contribution in [3.63, 3.8) is 0 Å². The number of para-hydroxylation sites is 1. The lowest BCUT2D eigenvalue weighted by Crippen LogP contribution is -2.53. The molecule has 2 aliphatic rings. The van der Waals surface area contributed by atoms with Crippen LogP contribution in [0.25, 0.3) is 0 Å². The van der Waals surface area contributed by atoms with Crippen molar-refractivity contribution >= 4 is 35.2 Å². The Morgan fingerprint density at radius 2 is 1.78 bits per heavy atom. The van der Waals surface area contributed by atoms with Gasteiger partial charge in [0.2, 0.25) is 11.8 Å². The molecule has 0 spiro atoms. The first-order valence-corrected chi connectivity index (χ1v) is 9.64. The Labute approximate surface area is 160 Å². The Morgan fingerprint density at radius 1 is 1.07 bits per heavy atom. The molecule has 0 radical (unpaired) electrons. The molecule has 0 aromatic heterocycles. The predicted octanol–water partition coefficient (Wildman–Crippen LogP) is 2.16. The molecule has 2 aromatic rings. The number of nitrogens with zero attached hydrogens (tertiary/aromatic N) is 2. The van der Waals surface area contributed by atoms with Gasteiger partial charge in [-0.25, -0.2) is 4.79 Å². The summed E-state index contributed by atoms with van der Waals surface area (Å²) in [6, 6.07) is 14.1. The third-order valence-electron chi connectivity index (χ3n) is 4.96. The molecule has 2 aliphatic heterocycles. The molecule has 0 unspecified atom stereocenters. The van der Waals surface area contributed by atoms with Crippen LogP contribution in [0.4, 0.5) is 5.69 Å². The minimum Gasteiger partial charge on any atom is -0.480 e. The molecule has 0 bridgehead atoms. The fourth-order valence-electron chi connectivity index (χ4n) is 3.56. The zero-order valence-corrected chi connectivity index (χ0v) is 15.3. The summed E-state index contributed by atoms with van der Waals surface area (Å²) in [5, 5.41) is 9.62. The number of anilines is 1. The van der Waals surface area contributed by atoms with E-state index in [-0.39, 0.29) is 37.1 Å². The van der Waals surface area contributed by atoms with Crippen LogP contribution in [0.2, 0.25) is 0 Å².